The Bertz CT molecular complexity index is 892. The summed E-state index contributed by atoms with van der Waals surface area (Å²) in [5, 5.41) is 0.761. The minimum Gasteiger partial charge on any atom is -0.497 e. The van der Waals surface area contributed by atoms with Gasteiger partial charge in [0, 0.05) is 17.0 Å². The van der Waals surface area contributed by atoms with Crippen molar-refractivity contribution in [1.82, 2.24) is 0 Å². The molecular weight excluding hydrogens is 302 g/mol. The van der Waals surface area contributed by atoms with E-state index in [-0.39, 0.29) is 5.78 Å². The highest BCUT2D eigenvalue weighted by Crippen LogP contribution is 2.31. The highest BCUT2D eigenvalue weighted by atomic mass is 16.5. The van der Waals surface area contributed by atoms with Gasteiger partial charge in [0.15, 0.2) is 5.78 Å². The van der Waals surface area contributed by atoms with Gasteiger partial charge < -0.3 is 14.1 Å². The number of rotatable bonds is 5. The molecule has 1 heterocycles. The van der Waals surface area contributed by atoms with E-state index in [1.807, 2.05) is 74.9 Å². The Labute approximate surface area is 140 Å². The third-order valence-corrected chi connectivity index (χ3v) is 3.75. The molecule has 0 fully saturated rings. The van der Waals surface area contributed by atoms with Gasteiger partial charge in [-0.1, -0.05) is 30.3 Å². The maximum atomic E-state index is 13.0. The summed E-state index contributed by atoms with van der Waals surface area (Å²) in [4.78, 5) is 14.2. The topological polar surface area (TPSA) is 43.9 Å². The summed E-state index contributed by atoms with van der Waals surface area (Å²) < 4.78 is 11.2. The van der Waals surface area contributed by atoms with E-state index in [0.29, 0.717) is 28.2 Å². The van der Waals surface area contributed by atoms with E-state index in [0.717, 1.165) is 10.3 Å². The zero-order valence-electron chi connectivity index (χ0n) is 14.0. The second-order valence-electron chi connectivity index (χ2n) is 5.81. The molecule has 0 radical (unpaired) electrons. The average molecular weight is 322 g/mol. The predicted molar refractivity (Wildman–Crippen MR) is 94.5 cm³/mol. The number of methoxy groups -OCH3 is 1. The number of fused-ring (bicyclic) bond motifs is 1. The first-order chi connectivity index (χ1) is 11.6. The fourth-order valence-corrected chi connectivity index (χ4v) is 2.55. The molecule has 2 aromatic carbocycles. The SMILES string of the molecule is COc1ccc2oc(/C=C/[NH+](C)C)c(C(=O)c3ccccc3)c2c1. The van der Waals surface area contributed by atoms with Crippen molar-refractivity contribution in [2.45, 2.75) is 0 Å². The smallest absolute Gasteiger partial charge is 0.197 e. The number of nitrogens with one attached hydrogen (secondary N) is 1. The molecule has 0 aliphatic rings. The fourth-order valence-electron chi connectivity index (χ4n) is 2.55. The number of ether oxygens (including phenoxy) is 1. The summed E-state index contributed by atoms with van der Waals surface area (Å²) in [5.74, 6) is 1.20. The van der Waals surface area contributed by atoms with Crippen LogP contribution in [0.15, 0.2) is 59.1 Å². The van der Waals surface area contributed by atoms with Crippen molar-refractivity contribution in [2.75, 3.05) is 21.2 Å². The molecule has 1 N–H and O–H groups in total. The van der Waals surface area contributed by atoms with Gasteiger partial charge in [0.25, 0.3) is 0 Å². The number of benzene rings is 2. The first-order valence-corrected chi connectivity index (χ1v) is 7.78. The Balaban J connectivity index is 2.21. The van der Waals surface area contributed by atoms with Gasteiger partial charge in [-0.2, -0.15) is 0 Å². The molecule has 0 unspecified atom stereocenters. The van der Waals surface area contributed by atoms with E-state index in [1.54, 1.807) is 7.11 Å². The van der Waals surface area contributed by atoms with E-state index in [2.05, 4.69) is 0 Å². The minimum absolute atomic E-state index is 0.0593. The van der Waals surface area contributed by atoms with Crippen molar-refractivity contribution in [3.63, 3.8) is 0 Å². The molecule has 3 rings (SSSR count). The third kappa shape index (κ3) is 3.09. The van der Waals surface area contributed by atoms with Crippen LogP contribution >= 0.6 is 0 Å². The molecule has 1 aromatic heterocycles. The molecule has 0 aliphatic carbocycles. The lowest BCUT2D eigenvalue weighted by Crippen LogP contribution is -3.00. The van der Waals surface area contributed by atoms with Gasteiger partial charge in [-0.3, -0.25) is 4.79 Å². The third-order valence-electron chi connectivity index (χ3n) is 3.75. The van der Waals surface area contributed by atoms with Gasteiger partial charge in [-0.05, 0) is 18.2 Å². The van der Waals surface area contributed by atoms with Crippen molar-refractivity contribution in [1.29, 1.82) is 0 Å². The standard InChI is InChI=1S/C20H19NO3/c1-21(2)12-11-18-19(20(22)14-7-5-4-6-8-14)16-13-15(23-3)9-10-17(16)24-18/h4-13H,1-3H3/p+1/b12-11+. The average Bonchev–Trinajstić information content (AvgIpc) is 2.97. The summed E-state index contributed by atoms with van der Waals surface area (Å²) in [6.45, 7) is 0. The molecule has 0 bridgehead atoms. The van der Waals surface area contributed by atoms with Crippen molar-refractivity contribution in [3.05, 3.63) is 71.6 Å². The monoisotopic (exact) mass is 322 g/mol. The molecule has 4 nitrogen and oxygen atoms in total. The quantitative estimate of drug-likeness (QED) is 0.735. The molecule has 122 valence electrons. The summed E-state index contributed by atoms with van der Waals surface area (Å²) in [6.07, 6.45) is 3.79. The molecular formula is C20H20NO3+. The van der Waals surface area contributed by atoms with Gasteiger partial charge in [0.05, 0.1) is 33.0 Å². The normalized spacial score (nSPS) is 11.5. The molecule has 0 atom stereocenters. The second-order valence-corrected chi connectivity index (χ2v) is 5.81. The summed E-state index contributed by atoms with van der Waals surface area (Å²) in [7, 11) is 5.61. The Hall–Kier alpha value is -2.85. The zero-order chi connectivity index (χ0) is 17.1. The fraction of sp³-hybridized carbons (Fsp3) is 0.150. The number of furan rings is 1. The Kier molecular flexibility index (Phi) is 4.49. The van der Waals surface area contributed by atoms with Gasteiger partial charge in [-0.15, -0.1) is 0 Å². The van der Waals surface area contributed by atoms with Crippen LogP contribution in [0.2, 0.25) is 0 Å². The summed E-state index contributed by atoms with van der Waals surface area (Å²) in [6, 6.07) is 14.7. The molecule has 0 amide bonds. The van der Waals surface area contributed by atoms with E-state index < -0.39 is 0 Å². The summed E-state index contributed by atoms with van der Waals surface area (Å²) in [5.41, 5.74) is 1.87. The van der Waals surface area contributed by atoms with Gasteiger partial charge in [-0.25, -0.2) is 0 Å². The first-order valence-electron chi connectivity index (χ1n) is 7.78. The van der Waals surface area contributed by atoms with Gasteiger partial charge in [0.2, 0.25) is 0 Å². The number of ketones is 1. The molecule has 0 saturated heterocycles. The van der Waals surface area contributed by atoms with Gasteiger partial charge >= 0.3 is 0 Å². The summed E-state index contributed by atoms with van der Waals surface area (Å²) >= 11 is 0. The van der Waals surface area contributed by atoms with Crippen LogP contribution < -0.4 is 9.64 Å². The Morgan fingerprint density at radius 1 is 1.12 bits per heavy atom. The molecule has 0 aliphatic heterocycles. The molecule has 24 heavy (non-hydrogen) atoms. The lowest BCUT2D eigenvalue weighted by molar-refractivity contribution is -0.800. The van der Waals surface area contributed by atoms with E-state index in [1.165, 1.54) is 0 Å². The van der Waals surface area contributed by atoms with Crippen LogP contribution in [0.25, 0.3) is 17.0 Å². The highest BCUT2D eigenvalue weighted by Gasteiger charge is 2.21. The van der Waals surface area contributed by atoms with Gasteiger partial charge in [0.1, 0.15) is 17.1 Å². The minimum atomic E-state index is -0.0593. The highest BCUT2D eigenvalue weighted by molar-refractivity contribution is 6.18. The van der Waals surface area contributed by atoms with Crippen LogP contribution in [-0.4, -0.2) is 27.0 Å². The number of carbonyl (C=O) groups is 1. The maximum absolute atomic E-state index is 13.0. The maximum Gasteiger partial charge on any atom is 0.197 e. The van der Waals surface area contributed by atoms with Crippen molar-refractivity contribution in [2.24, 2.45) is 0 Å². The van der Waals surface area contributed by atoms with Crippen molar-refractivity contribution < 1.29 is 18.8 Å². The van der Waals surface area contributed by atoms with Crippen molar-refractivity contribution >= 4 is 22.8 Å². The van der Waals surface area contributed by atoms with Crippen LogP contribution in [0.1, 0.15) is 21.7 Å². The van der Waals surface area contributed by atoms with E-state index in [9.17, 15) is 4.79 Å². The Morgan fingerprint density at radius 2 is 1.88 bits per heavy atom. The van der Waals surface area contributed by atoms with Crippen LogP contribution in [0.3, 0.4) is 0 Å². The molecule has 4 heteroatoms. The molecule has 0 saturated carbocycles. The number of carbonyl (C=O) groups excluding carboxylic acids is 1. The number of quaternary nitrogens is 1. The molecule has 3 aromatic rings. The van der Waals surface area contributed by atoms with Crippen LogP contribution in [0.5, 0.6) is 5.75 Å². The lowest BCUT2D eigenvalue weighted by atomic mass is 10.00. The predicted octanol–water partition coefficient (Wildman–Crippen LogP) is 2.79. The largest absolute Gasteiger partial charge is 0.497 e. The zero-order valence-corrected chi connectivity index (χ0v) is 14.0. The lowest BCUT2D eigenvalue weighted by Gasteiger charge is -2.02. The van der Waals surface area contributed by atoms with Crippen LogP contribution in [-0.2, 0) is 0 Å². The van der Waals surface area contributed by atoms with Crippen LogP contribution in [0.4, 0.5) is 0 Å². The van der Waals surface area contributed by atoms with E-state index in [4.69, 9.17) is 9.15 Å². The first kappa shape index (κ1) is 16.0. The second kappa shape index (κ2) is 6.72. The van der Waals surface area contributed by atoms with Crippen molar-refractivity contribution in [3.8, 4) is 5.75 Å². The number of hydrogen-bond acceptors (Lipinski definition) is 3. The van der Waals surface area contributed by atoms with Crippen LogP contribution in [0, 0.1) is 0 Å². The number of hydrogen-bond donors (Lipinski definition) is 1. The van der Waals surface area contributed by atoms with E-state index >= 15 is 0 Å². The Morgan fingerprint density at radius 3 is 2.54 bits per heavy atom. The molecule has 0 spiro atoms.